The van der Waals surface area contributed by atoms with Gasteiger partial charge in [0, 0.05) is 38.3 Å². The molecule has 2 amide bonds. The average molecular weight is 546 g/mol. The van der Waals surface area contributed by atoms with E-state index < -0.39 is 63.6 Å². The zero-order valence-electron chi connectivity index (χ0n) is 19.8. The molecule has 3 saturated heterocycles. The molecule has 3 aliphatic heterocycles. The van der Waals surface area contributed by atoms with E-state index in [0.29, 0.717) is 31.4 Å². The lowest BCUT2D eigenvalue weighted by Crippen LogP contribution is -2.57. The van der Waals surface area contributed by atoms with Gasteiger partial charge in [-0.2, -0.15) is 22.3 Å². The number of hydrogen-bond donors (Lipinski definition) is 1. The van der Waals surface area contributed by atoms with Gasteiger partial charge >= 0.3 is 0 Å². The molecule has 0 bridgehead atoms. The average Bonchev–Trinajstić information content (AvgIpc) is 3.33. The van der Waals surface area contributed by atoms with Crippen molar-refractivity contribution in [2.24, 2.45) is 11.8 Å². The molecule has 0 saturated carbocycles. The Hall–Kier alpha value is -2.76. The Kier molecular flexibility index (Phi) is 8.05. The first kappa shape index (κ1) is 27.3. The number of hydrogen-bond acceptors (Lipinski definition) is 5. The lowest BCUT2D eigenvalue weighted by Gasteiger charge is -2.41. The molecule has 0 spiro atoms. The van der Waals surface area contributed by atoms with Crippen molar-refractivity contribution >= 4 is 22.0 Å². The number of carbonyl (C=O) groups excluding carboxylic acids is 2. The number of halogens is 4. The van der Waals surface area contributed by atoms with Crippen LogP contribution in [0.5, 0.6) is 0 Å². The Morgan fingerprint density at radius 2 is 1.76 bits per heavy atom. The fourth-order valence-electron chi connectivity index (χ4n) is 5.04. The van der Waals surface area contributed by atoms with Crippen molar-refractivity contribution in [2.75, 3.05) is 32.7 Å². The van der Waals surface area contributed by atoms with Gasteiger partial charge < -0.3 is 10.2 Å². The van der Waals surface area contributed by atoms with E-state index in [4.69, 9.17) is 5.26 Å². The summed E-state index contributed by atoms with van der Waals surface area (Å²) < 4.78 is 83.3. The number of alkyl halides is 2. The second-order valence-electron chi connectivity index (χ2n) is 9.52. The Morgan fingerprint density at radius 3 is 2.43 bits per heavy atom. The van der Waals surface area contributed by atoms with Crippen LogP contribution in [0.15, 0.2) is 18.2 Å². The fraction of sp³-hybridized carbons (Fsp3) is 0.609. The molecule has 3 aliphatic rings. The third-order valence-electron chi connectivity index (χ3n) is 7.10. The highest BCUT2D eigenvalue weighted by Crippen LogP contribution is 2.30. The van der Waals surface area contributed by atoms with Crippen molar-refractivity contribution in [2.45, 2.75) is 44.2 Å². The Bertz CT molecular complexity index is 1190. The quantitative estimate of drug-likeness (QED) is 0.525. The first-order valence-electron chi connectivity index (χ1n) is 12.0. The molecule has 0 aromatic heterocycles. The van der Waals surface area contributed by atoms with Crippen LogP contribution in [0, 0.1) is 34.8 Å². The molecular weight excluding hydrogens is 518 g/mol. The zero-order chi connectivity index (χ0) is 26.9. The molecule has 1 N–H and O–H groups in total. The minimum atomic E-state index is -3.84. The molecule has 0 aliphatic carbocycles. The third-order valence-corrected chi connectivity index (χ3v) is 9.03. The Morgan fingerprint density at radius 1 is 1.05 bits per heavy atom. The van der Waals surface area contributed by atoms with Crippen molar-refractivity contribution in [1.82, 2.24) is 18.8 Å². The van der Waals surface area contributed by atoms with Crippen LogP contribution in [0.4, 0.5) is 17.6 Å². The maximum atomic E-state index is 14.1. The molecular formula is C23H27F4N5O4S. The molecule has 0 radical (unpaired) electrons. The van der Waals surface area contributed by atoms with Crippen LogP contribution in [0.3, 0.4) is 0 Å². The highest BCUT2D eigenvalue weighted by Gasteiger charge is 2.44. The molecule has 1 aromatic rings. The van der Waals surface area contributed by atoms with Crippen molar-refractivity contribution < 1.29 is 35.6 Å². The summed E-state index contributed by atoms with van der Waals surface area (Å²) in [5, 5.41) is 11.0. The monoisotopic (exact) mass is 545 g/mol. The van der Waals surface area contributed by atoms with E-state index in [1.807, 2.05) is 6.07 Å². The summed E-state index contributed by atoms with van der Waals surface area (Å²) in [6, 6.07) is 0.879. The zero-order valence-corrected chi connectivity index (χ0v) is 20.6. The number of nitriles is 1. The summed E-state index contributed by atoms with van der Waals surface area (Å²) in [4.78, 5) is 27.5. The number of nitrogens with zero attached hydrogens (tertiary/aromatic N) is 4. The standard InChI is InChI=1S/C23H27F4N5O4S/c24-16-5-6-18(25)17(9-16)20(21(26)27)29-22(33)19-4-2-8-32(19)23(34)15-3-1-7-30(13-15)37(35,36)31-11-14(10-28)12-31/h5-6,9,14-15,19-21H,1-4,7-8,11-13H2,(H,29,33)/t15-,19+,20-/m0/s1. The first-order valence-corrected chi connectivity index (χ1v) is 13.4. The SMILES string of the molecule is N#CC1CN(S(=O)(=O)N2CCC[C@H](C(=O)N3CCC[C@@H]3C(=O)N[C@@H](c3cc(F)ccc3F)C(F)F)C2)C1. The molecule has 3 atom stereocenters. The van der Waals surface area contributed by atoms with Gasteiger partial charge in [-0.3, -0.25) is 9.59 Å². The minimum absolute atomic E-state index is 0.0894. The van der Waals surface area contributed by atoms with E-state index in [1.54, 1.807) is 0 Å². The molecule has 3 fully saturated rings. The van der Waals surface area contributed by atoms with Crippen molar-refractivity contribution in [1.29, 1.82) is 5.26 Å². The predicted octanol–water partition coefficient (Wildman–Crippen LogP) is 1.79. The minimum Gasteiger partial charge on any atom is -0.342 e. The summed E-state index contributed by atoms with van der Waals surface area (Å²) >= 11 is 0. The largest absolute Gasteiger partial charge is 0.342 e. The maximum absolute atomic E-state index is 14.1. The van der Waals surface area contributed by atoms with Gasteiger partial charge in [0.15, 0.2) is 0 Å². The van der Waals surface area contributed by atoms with Crippen LogP contribution in [0.25, 0.3) is 0 Å². The van der Waals surface area contributed by atoms with Gasteiger partial charge in [-0.15, -0.1) is 0 Å². The number of rotatable bonds is 7. The lowest BCUT2D eigenvalue weighted by molar-refractivity contribution is -0.143. The second-order valence-corrected chi connectivity index (χ2v) is 11.5. The van der Waals surface area contributed by atoms with Crippen molar-refractivity contribution in [3.05, 3.63) is 35.4 Å². The van der Waals surface area contributed by atoms with E-state index in [-0.39, 0.29) is 45.1 Å². The van der Waals surface area contributed by atoms with Crippen molar-refractivity contribution in [3.63, 3.8) is 0 Å². The molecule has 202 valence electrons. The van der Waals surface area contributed by atoms with Gasteiger partial charge in [0.05, 0.1) is 17.9 Å². The Labute approximate surface area is 212 Å². The summed E-state index contributed by atoms with van der Waals surface area (Å²) in [6.45, 7) is 0.510. The number of nitrogens with one attached hydrogen (secondary N) is 1. The highest BCUT2D eigenvalue weighted by atomic mass is 32.2. The van der Waals surface area contributed by atoms with Crippen molar-refractivity contribution in [3.8, 4) is 6.07 Å². The van der Waals surface area contributed by atoms with E-state index in [0.717, 1.165) is 6.07 Å². The molecule has 0 unspecified atom stereocenters. The third kappa shape index (κ3) is 5.58. The van der Waals surface area contributed by atoms with Gasteiger partial charge in [-0.05, 0) is 43.9 Å². The lowest BCUT2D eigenvalue weighted by atomic mass is 9.97. The molecule has 14 heteroatoms. The van der Waals surface area contributed by atoms with Gasteiger partial charge in [-0.25, -0.2) is 17.6 Å². The molecule has 3 heterocycles. The van der Waals surface area contributed by atoms with E-state index in [1.165, 1.54) is 13.5 Å². The topological polar surface area (TPSA) is 114 Å². The maximum Gasteiger partial charge on any atom is 0.282 e. The number of amides is 2. The van der Waals surface area contributed by atoms with E-state index in [9.17, 15) is 35.6 Å². The number of piperidine rings is 1. The number of likely N-dealkylation sites (tertiary alicyclic amines) is 1. The number of benzene rings is 1. The van der Waals surface area contributed by atoms with Crippen LogP contribution in [0.1, 0.15) is 37.3 Å². The summed E-state index contributed by atoms with van der Waals surface area (Å²) in [5.74, 6) is -4.49. The Balaban J connectivity index is 1.44. The van der Waals surface area contributed by atoms with Crippen LogP contribution in [-0.4, -0.2) is 78.9 Å². The molecule has 9 nitrogen and oxygen atoms in total. The molecule has 37 heavy (non-hydrogen) atoms. The predicted molar refractivity (Wildman–Crippen MR) is 122 cm³/mol. The van der Waals surface area contributed by atoms with Gasteiger partial charge in [0.25, 0.3) is 16.6 Å². The highest BCUT2D eigenvalue weighted by molar-refractivity contribution is 7.86. The van der Waals surface area contributed by atoms with E-state index in [2.05, 4.69) is 5.32 Å². The smallest absolute Gasteiger partial charge is 0.282 e. The van der Waals surface area contributed by atoms with Gasteiger partial charge in [0.2, 0.25) is 11.8 Å². The summed E-state index contributed by atoms with van der Waals surface area (Å²) in [6.07, 6.45) is -1.80. The first-order chi connectivity index (χ1) is 17.5. The molecule has 1 aromatic carbocycles. The second kappa shape index (κ2) is 10.9. The molecule has 4 rings (SSSR count). The van der Waals surface area contributed by atoms with Crippen LogP contribution in [0.2, 0.25) is 0 Å². The van der Waals surface area contributed by atoms with Crippen LogP contribution >= 0.6 is 0 Å². The number of carbonyl (C=O) groups is 2. The van der Waals surface area contributed by atoms with Crippen LogP contribution in [-0.2, 0) is 19.8 Å². The summed E-state index contributed by atoms with van der Waals surface area (Å²) in [7, 11) is -3.84. The van der Waals surface area contributed by atoms with E-state index >= 15 is 0 Å². The fourth-order valence-corrected chi connectivity index (χ4v) is 6.83. The normalized spacial score (nSPS) is 24.5. The van der Waals surface area contributed by atoms with Gasteiger partial charge in [-0.1, -0.05) is 0 Å². The van der Waals surface area contributed by atoms with Crippen LogP contribution < -0.4 is 5.32 Å². The van der Waals surface area contributed by atoms with Gasteiger partial charge in [0.1, 0.15) is 23.7 Å². The summed E-state index contributed by atoms with van der Waals surface area (Å²) in [5.41, 5.74) is -0.697.